The lowest BCUT2D eigenvalue weighted by molar-refractivity contribution is 0.321. The van der Waals surface area contributed by atoms with Crippen molar-refractivity contribution in [2.75, 3.05) is 6.56 Å². The molecular weight excluding hydrogens is 1530 g/mol. The summed E-state index contributed by atoms with van der Waals surface area (Å²) in [5.74, 6) is 7.88. The number of benzene rings is 7. The van der Waals surface area contributed by atoms with Gasteiger partial charge in [-0.1, -0.05) is 176 Å². The molecule has 0 radical (unpaired) electrons. The Morgan fingerprint density at radius 2 is 0.795 bits per heavy atom. The Morgan fingerprint density at radius 1 is 0.393 bits per heavy atom. The van der Waals surface area contributed by atoms with E-state index in [4.69, 9.17) is 20.3 Å². The second-order valence-corrected chi connectivity index (χ2v) is 32.0. The van der Waals surface area contributed by atoms with Gasteiger partial charge in [-0.25, -0.2) is 19.6 Å². The minimum atomic E-state index is -1.96. The molecule has 0 atom stereocenters. The zero-order chi connectivity index (χ0) is 91.3. The molecule has 634 valence electrons. The summed E-state index contributed by atoms with van der Waals surface area (Å²) in [6, 6.07) is 52.8. The van der Waals surface area contributed by atoms with E-state index in [9.17, 15) is 44.5 Å². The average Bonchev–Trinajstić information content (AvgIpc) is 1.19. The van der Waals surface area contributed by atoms with Crippen LogP contribution in [0.3, 0.4) is 0 Å². The number of pyridine rings is 3. The first-order chi connectivity index (χ1) is 58.5. The number of imidazole rings is 1. The molecule has 0 aliphatic heterocycles. The van der Waals surface area contributed by atoms with Crippen molar-refractivity contribution in [2.45, 2.75) is 173 Å². The molecule has 7 aromatic carbocycles. The molecule has 19 heteroatoms. The fraction of sp³-hybridized carbons (Fsp3) is 0.272. The summed E-state index contributed by atoms with van der Waals surface area (Å²) in [5, 5.41) is 73.9. The van der Waals surface area contributed by atoms with Gasteiger partial charge >= 0.3 is 0 Å². The number of aromatic nitrogens is 9. The van der Waals surface area contributed by atoms with Gasteiger partial charge in [-0.3, -0.25) is 0 Å². The molecule has 0 bridgehead atoms. The lowest BCUT2D eigenvalue weighted by Crippen LogP contribution is -1.97. The normalized spacial score (nSPS) is 11.2. The van der Waals surface area contributed by atoms with Gasteiger partial charge < -0.3 is 54.2 Å². The Kier molecular flexibility index (Phi) is 32.2. The highest BCUT2D eigenvalue weighted by Gasteiger charge is 2.17. The lowest BCUT2D eigenvalue weighted by Gasteiger charge is -2.11. The number of hydrogen-bond donors (Lipinski definition) is 7. The fourth-order valence-corrected chi connectivity index (χ4v) is 13.3. The predicted octanol–water partition coefficient (Wildman–Crippen LogP) is 24.8. The number of terminal acetylenes is 2. The molecule has 0 saturated carbocycles. The molecule has 122 heavy (non-hydrogen) atoms. The van der Waals surface area contributed by atoms with Gasteiger partial charge in [0.1, 0.15) is 45.9 Å². The smallest absolute Gasteiger partial charge is 0.216 e. The maximum Gasteiger partial charge on any atom is 0.216 e. The Morgan fingerprint density at radius 3 is 1.16 bits per heavy atom. The van der Waals surface area contributed by atoms with Gasteiger partial charge in [0.2, 0.25) is 17.8 Å². The zero-order valence-corrected chi connectivity index (χ0v) is 73.4. The quantitative estimate of drug-likeness (QED) is 0.0353. The monoisotopic (exact) mass is 1650 g/mol. The first kappa shape index (κ1) is 90.7. The fourth-order valence-electron chi connectivity index (χ4n) is 13.3. The molecule has 14 aromatic rings. The van der Waals surface area contributed by atoms with E-state index < -0.39 is 18.5 Å². The molecule has 7 heterocycles. The summed E-state index contributed by atoms with van der Waals surface area (Å²) < 4.78 is 54.1. The van der Waals surface area contributed by atoms with Gasteiger partial charge in [0, 0.05) is 97.6 Å². The van der Waals surface area contributed by atoms with Crippen molar-refractivity contribution in [1.82, 2.24) is 43.4 Å². The van der Waals surface area contributed by atoms with Gasteiger partial charge in [0.05, 0.1) is 44.6 Å². The van der Waals surface area contributed by atoms with Crippen molar-refractivity contribution < 1.29 is 52.0 Å². The molecule has 0 spiro atoms. The summed E-state index contributed by atoms with van der Waals surface area (Å²) in [6.45, 7) is 35.6. The number of phenols is 7. The zero-order valence-electron chi connectivity index (χ0n) is 75.4. The van der Waals surface area contributed by atoms with Crippen LogP contribution in [-0.2, 0) is 7.05 Å². The van der Waals surface area contributed by atoms with Crippen molar-refractivity contribution in [2.24, 2.45) is 7.05 Å². The molecule has 0 unspecified atom stereocenters. The van der Waals surface area contributed by atoms with Crippen molar-refractivity contribution >= 4 is 0 Å². The third kappa shape index (κ3) is 25.9. The number of halogens is 2. The SMILES string of the molecule is C#Cc1cc(-c2ccc(C(C)C)c(O)c2)ccn1.C#Cc1cc(-c2ccc(C(C)C)c(O)c2)cn1C.Cc1cc(-c2ccc(C(C)C)c(O)c2)cc(F)n1.Cc1ccn(-c2ccc(C(C)C)c(O)c2)c1.Cc1cn(-c2ccc(C(C)C)c(O)c2)cn1.Cc1cnn(-c2ccc(C(C)C)c(O)c2)c1.[2H]C([2H])(C)Oc1cc(-c2ccc(C(C)C)c(O)c2)cc(F)n1. The standard InChI is InChI=1S/C16H18FNO2.C16H17NO.C16H15NO.C15H16FNO.C14H17NO.2C13H16N2O/c1-4-20-16-9-12(8-15(17)18-16)11-5-6-13(10(2)3)14(19)7-11;1-5-14-8-13(10-17(14)4)12-6-7-15(11(2)3)16(18)9-12;1-4-14-9-13(7-8-17-14)12-5-6-15(11(2)3)16(18)10-12;1-9(2)13-5-4-11(7-14(13)18)12-6-10(3)17-15(16)8-12;1-10(2)13-5-4-12(8-14(13)16)15-7-6-11(3)9-15;1-9(2)12-5-4-11(6-13(12)16)15-7-10(3)14-8-15;1-9(2)12-5-4-11(6-13(12)16)15-8-10(3)7-14-15/h5-10,19H,4H2,1-3H3;1,6-11,18H,2-4H3;1,5-11,18H,2-3H3;4-9,18H,1-3H3;4-10,16H,1-3H3;2*4-9,16H,1-3H3/i4D2;;;;;;. The van der Waals surface area contributed by atoms with Crippen LogP contribution in [-0.4, -0.2) is 85.7 Å². The Bertz CT molecular complexity index is 5790. The lowest BCUT2D eigenvalue weighted by atomic mass is 9.97. The molecule has 0 fully saturated rings. The van der Waals surface area contributed by atoms with Crippen LogP contribution in [0.5, 0.6) is 46.1 Å². The molecule has 0 amide bonds. The Balaban J connectivity index is 0.000000180. The van der Waals surface area contributed by atoms with E-state index in [-0.39, 0.29) is 29.2 Å². The first-order valence-electron chi connectivity index (χ1n) is 41.6. The van der Waals surface area contributed by atoms with Crippen molar-refractivity contribution in [3.63, 3.8) is 0 Å². The summed E-state index contributed by atoms with van der Waals surface area (Å²) in [4.78, 5) is 15.4. The Labute approximate surface area is 720 Å². The molecule has 0 saturated heterocycles. The number of rotatable bonds is 16. The highest BCUT2D eigenvalue weighted by Crippen LogP contribution is 2.38. The average molecular weight is 1650 g/mol. The van der Waals surface area contributed by atoms with E-state index in [1.165, 1.54) is 30.7 Å². The van der Waals surface area contributed by atoms with Crippen LogP contribution in [0.1, 0.15) is 221 Å². The van der Waals surface area contributed by atoms with E-state index in [0.717, 1.165) is 106 Å². The van der Waals surface area contributed by atoms with Crippen molar-refractivity contribution in [1.29, 1.82) is 0 Å². The first-order valence-corrected chi connectivity index (χ1v) is 40.6. The van der Waals surface area contributed by atoms with E-state index in [2.05, 4.69) is 113 Å². The minimum absolute atomic E-state index is 0.137. The van der Waals surface area contributed by atoms with Crippen molar-refractivity contribution in [3.05, 3.63) is 310 Å². The summed E-state index contributed by atoms with van der Waals surface area (Å²) in [6.07, 6.45) is 25.9. The highest BCUT2D eigenvalue weighted by atomic mass is 19.1. The second kappa shape index (κ2) is 43.4. The van der Waals surface area contributed by atoms with Gasteiger partial charge in [-0.05, 0) is 238 Å². The maximum absolute atomic E-state index is 13.6. The third-order valence-corrected chi connectivity index (χ3v) is 19.9. The molecular formula is C103H115F2N9O8. The van der Waals surface area contributed by atoms with Crippen LogP contribution in [0.2, 0.25) is 0 Å². The van der Waals surface area contributed by atoms with Crippen LogP contribution < -0.4 is 4.74 Å². The largest absolute Gasteiger partial charge is 0.508 e. The summed E-state index contributed by atoms with van der Waals surface area (Å²) in [7, 11) is 1.92. The Hall–Kier alpha value is -13.7. The highest BCUT2D eigenvalue weighted by molar-refractivity contribution is 5.70. The minimum Gasteiger partial charge on any atom is -0.508 e. The van der Waals surface area contributed by atoms with Gasteiger partial charge in [0.15, 0.2) is 0 Å². The van der Waals surface area contributed by atoms with Crippen LogP contribution in [0.25, 0.3) is 61.6 Å². The molecule has 7 aromatic heterocycles. The van der Waals surface area contributed by atoms with Crippen molar-refractivity contribution in [3.8, 4) is 132 Å². The van der Waals surface area contributed by atoms with E-state index >= 15 is 0 Å². The van der Waals surface area contributed by atoms with E-state index in [1.807, 2.05) is 196 Å². The maximum atomic E-state index is 13.6. The summed E-state index contributed by atoms with van der Waals surface area (Å²) in [5.41, 5.74) is 21.2. The molecule has 0 aliphatic rings. The predicted molar refractivity (Wildman–Crippen MR) is 489 cm³/mol. The van der Waals surface area contributed by atoms with Gasteiger partial charge in [-0.2, -0.15) is 18.9 Å². The topological polar surface area (TPSA) is 235 Å². The molecule has 17 nitrogen and oxygen atoms in total. The second-order valence-electron chi connectivity index (χ2n) is 32.0. The van der Waals surface area contributed by atoms with Crippen LogP contribution >= 0.6 is 0 Å². The molecule has 0 aliphatic carbocycles. The van der Waals surface area contributed by atoms with E-state index in [1.54, 1.807) is 84.9 Å². The van der Waals surface area contributed by atoms with Crippen LogP contribution in [0, 0.1) is 64.3 Å². The number of aromatic hydroxyl groups is 7. The number of phenolic OH excluding ortho intramolecular Hbond substituents is 7. The number of hydrogen-bond acceptors (Lipinski definition) is 13. The van der Waals surface area contributed by atoms with Gasteiger partial charge in [-0.15, -0.1) is 12.8 Å². The molecule has 7 N–H and O–H groups in total. The number of ether oxygens (including phenoxy) is 1. The van der Waals surface area contributed by atoms with Crippen LogP contribution in [0.15, 0.2) is 226 Å². The number of nitrogens with zero attached hydrogens (tertiary/aromatic N) is 9. The molecule has 14 rings (SSSR count). The van der Waals surface area contributed by atoms with Gasteiger partial charge in [0.25, 0.3) is 0 Å². The third-order valence-electron chi connectivity index (χ3n) is 19.9. The van der Waals surface area contributed by atoms with Crippen LogP contribution in [0.4, 0.5) is 8.78 Å². The summed E-state index contributed by atoms with van der Waals surface area (Å²) >= 11 is 0. The van der Waals surface area contributed by atoms with E-state index in [0.29, 0.717) is 80.9 Å². The number of aryl methyl sites for hydroxylation is 5.